The first-order valence-corrected chi connectivity index (χ1v) is 7.20. The summed E-state index contributed by atoms with van der Waals surface area (Å²) in [6.07, 6.45) is 1.78. The van der Waals surface area contributed by atoms with Crippen LogP contribution in [0.3, 0.4) is 0 Å². The summed E-state index contributed by atoms with van der Waals surface area (Å²) in [5.41, 5.74) is 6.56. The second-order valence-electron chi connectivity index (χ2n) is 5.45. The number of hydrogen-bond donors (Lipinski definition) is 1. The van der Waals surface area contributed by atoms with Gasteiger partial charge >= 0.3 is 0 Å². The third-order valence-corrected chi connectivity index (χ3v) is 3.59. The summed E-state index contributed by atoms with van der Waals surface area (Å²) in [7, 11) is 0. The van der Waals surface area contributed by atoms with Crippen LogP contribution < -0.4 is 10.6 Å². The van der Waals surface area contributed by atoms with Crippen LogP contribution in [0.4, 0.5) is 5.82 Å². The van der Waals surface area contributed by atoms with Crippen LogP contribution in [0.25, 0.3) is 0 Å². The van der Waals surface area contributed by atoms with Gasteiger partial charge in [0.25, 0.3) is 0 Å². The molecule has 1 aromatic heterocycles. The fraction of sp³-hybridized carbons (Fsp3) is 0.571. The van der Waals surface area contributed by atoms with E-state index >= 15 is 0 Å². The number of aromatic nitrogens is 1. The van der Waals surface area contributed by atoms with E-state index in [-0.39, 0.29) is 0 Å². The molecule has 0 aliphatic carbocycles. The lowest BCUT2D eigenvalue weighted by Gasteiger charge is -2.36. The van der Waals surface area contributed by atoms with Crippen LogP contribution >= 0.6 is 12.2 Å². The van der Waals surface area contributed by atoms with Crippen molar-refractivity contribution in [3.63, 3.8) is 0 Å². The molecule has 0 spiro atoms. The van der Waals surface area contributed by atoms with Crippen molar-refractivity contribution in [3.8, 4) is 0 Å². The molecule has 0 amide bonds. The average molecular weight is 278 g/mol. The zero-order valence-electron chi connectivity index (χ0n) is 11.7. The zero-order chi connectivity index (χ0) is 13.8. The summed E-state index contributed by atoms with van der Waals surface area (Å²) in [6, 6.07) is 3.85. The number of thiocarbonyl (C=S) groups is 1. The third kappa shape index (κ3) is 3.88. The van der Waals surface area contributed by atoms with Gasteiger partial charge in [-0.1, -0.05) is 26.1 Å². The maximum atomic E-state index is 5.67. The topological polar surface area (TPSA) is 45.4 Å². The Hall–Kier alpha value is -1.20. The van der Waals surface area contributed by atoms with E-state index in [9.17, 15) is 0 Å². The van der Waals surface area contributed by atoms with Crippen LogP contribution in [-0.4, -0.2) is 47.6 Å². The van der Waals surface area contributed by atoms with E-state index in [0.29, 0.717) is 4.99 Å². The lowest BCUT2D eigenvalue weighted by molar-refractivity contribution is 0.231. The fourth-order valence-electron chi connectivity index (χ4n) is 2.42. The van der Waals surface area contributed by atoms with E-state index in [1.165, 1.54) is 6.54 Å². The second-order valence-corrected chi connectivity index (χ2v) is 5.89. The highest BCUT2D eigenvalue weighted by molar-refractivity contribution is 7.80. The molecule has 2 N–H and O–H groups in total. The van der Waals surface area contributed by atoms with Crippen molar-refractivity contribution in [2.45, 2.75) is 13.8 Å². The van der Waals surface area contributed by atoms with Crippen molar-refractivity contribution < 1.29 is 0 Å². The van der Waals surface area contributed by atoms with E-state index in [4.69, 9.17) is 18.0 Å². The molecular weight excluding hydrogens is 256 g/mol. The van der Waals surface area contributed by atoms with Gasteiger partial charge in [0.05, 0.1) is 0 Å². The lowest BCUT2D eigenvalue weighted by Crippen LogP contribution is -2.47. The van der Waals surface area contributed by atoms with E-state index in [0.717, 1.165) is 43.5 Å². The fourth-order valence-corrected chi connectivity index (χ4v) is 2.55. The Kier molecular flexibility index (Phi) is 4.71. The molecule has 0 aromatic carbocycles. The quantitative estimate of drug-likeness (QED) is 0.846. The first-order valence-electron chi connectivity index (χ1n) is 6.79. The van der Waals surface area contributed by atoms with Gasteiger partial charge in [-0.3, -0.25) is 4.90 Å². The number of rotatable bonds is 4. The summed E-state index contributed by atoms with van der Waals surface area (Å²) in [6.45, 7) is 9.92. The van der Waals surface area contributed by atoms with Gasteiger partial charge in [0.15, 0.2) is 0 Å². The smallest absolute Gasteiger partial charge is 0.129 e. The van der Waals surface area contributed by atoms with Crippen molar-refractivity contribution in [2.75, 3.05) is 37.6 Å². The summed E-state index contributed by atoms with van der Waals surface area (Å²) >= 11 is 5.01. The molecule has 5 heteroatoms. The summed E-state index contributed by atoms with van der Waals surface area (Å²) < 4.78 is 0. The van der Waals surface area contributed by atoms with E-state index in [1.807, 2.05) is 12.1 Å². The lowest BCUT2D eigenvalue weighted by atomic mass is 10.2. The Balaban J connectivity index is 1.97. The molecular formula is C14H22N4S. The number of piperazine rings is 1. The number of pyridine rings is 1. The molecule has 0 unspecified atom stereocenters. The van der Waals surface area contributed by atoms with Gasteiger partial charge in [-0.15, -0.1) is 0 Å². The first-order chi connectivity index (χ1) is 9.06. The largest absolute Gasteiger partial charge is 0.389 e. The van der Waals surface area contributed by atoms with Gasteiger partial charge < -0.3 is 10.6 Å². The molecule has 0 bridgehead atoms. The summed E-state index contributed by atoms with van der Waals surface area (Å²) in [4.78, 5) is 9.67. The van der Waals surface area contributed by atoms with Crippen molar-refractivity contribution in [1.82, 2.24) is 9.88 Å². The van der Waals surface area contributed by atoms with Gasteiger partial charge in [0.1, 0.15) is 10.8 Å². The second kappa shape index (κ2) is 6.30. The molecule has 2 heterocycles. The SMILES string of the molecule is CC(C)CN1CCN(c2cc(C(N)=S)ccn2)CC1. The summed E-state index contributed by atoms with van der Waals surface area (Å²) in [5, 5.41) is 0. The molecule has 0 saturated carbocycles. The van der Waals surface area contributed by atoms with Gasteiger partial charge in [-0.2, -0.15) is 0 Å². The van der Waals surface area contributed by atoms with E-state index < -0.39 is 0 Å². The van der Waals surface area contributed by atoms with Crippen molar-refractivity contribution >= 4 is 23.0 Å². The Morgan fingerprint density at radius 1 is 1.37 bits per heavy atom. The Morgan fingerprint density at radius 3 is 2.63 bits per heavy atom. The van der Waals surface area contributed by atoms with Crippen LogP contribution in [-0.2, 0) is 0 Å². The maximum Gasteiger partial charge on any atom is 0.129 e. The van der Waals surface area contributed by atoms with Crippen molar-refractivity contribution in [3.05, 3.63) is 23.9 Å². The van der Waals surface area contributed by atoms with Crippen molar-refractivity contribution in [1.29, 1.82) is 0 Å². The molecule has 19 heavy (non-hydrogen) atoms. The highest BCUT2D eigenvalue weighted by Crippen LogP contribution is 2.15. The van der Waals surface area contributed by atoms with E-state index in [2.05, 4.69) is 28.6 Å². The van der Waals surface area contributed by atoms with Crippen LogP contribution in [0.2, 0.25) is 0 Å². The first kappa shape index (κ1) is 14.2. The van der Waals surface area contributed by atoms with Gasteiger partial charge in [-0.05, 0) is 18.1 Å². The minimum atomic E-state index is 0.432. The van der Waals surface area contributed by atoms with Crippen LogP contribution in [0.15, 0.2) is 18.3 Å². The molecule has 1 aliphatic heterocycles. The third-order valence-electron chi connectivity index (χ3n) is 3.35. The standard InChI is InChI=1S/C14H22N4S/c1-11(2)10-17-5-7-18(8-6-17)13-9-12(14(15)19)3-4-16-13/h3-4,9,11H,5-8,10H2,1-2H3,(H2,15,19). The summed E-state index contributed by atoms with van der Waals surface area (Å²) in [5.74, 6) is 1.71. The van der Waals surface area contributed by atoms with E-state index in [1.54, 1.807) is 6.20 Å². The molecule has 0 radical (unpaired) electrons. The van der Waals surface area contributed by atoms with Crippen LogP contribution in [0.5, 0.6) is 0 Å². The maximum absolute atomic E-state index is 5.67. The highest BCUT2D eigenvalue weighted by atomic mass is 32.1. The van der Waals surface area contributed by atoms with Gasteiger partial charge in [0, 0.05) is 44.5 Å². The molecule has 1 saturated heterocycles. The van der Waals surface area contributed by atoms with Gasteiger partial charge in [0.2, 0.25) is 0 Å². The number of nitrogens with two attached hydrogens (primary N) is 1. The number of hydrogen-bond acceptors (Lipinski definition) is 4. The minimum Gasteiger partial charge on any atom is -0.389 e. The van der Waals surface area contributed by atoms with Gasteiger partial charge in [-0.25, -0.2) is 4.98 Å². The minimum absolute atomic E-state index is 0.432. The van der Waals surface area contributed by atoms with Crippen LogP contribution in [0, 0.1) is 5.92 Å². The normalized spacial score (nSPS) is 16.9. The molecule has 0 atom stereocenters. The molecule has 1 aliphatic rings. The molecule has 104 valence electrons. The van der Waals surface area contributed by atoms with Crippen molar-refractivity contribution in [2.24, 2.45) is 11.7 Å². The predicted molar refractivity (Wildman–Crippen MR) is 83.6 cm³/mol. The molecule has 1 aromatic rings. The zero-order valence-corrected chi connectivity index (χ0v) is 12.5. The Bertz CT molecular complexity index is 439. The monoisotopic (exact) mass is 278 g/mol. The predicted octanol–water partition coefficient (Wildman–Crippen LogP) is 1.49. The number of anilines is 1. The average Bonchev–Trinajstić information content (AvgIpc) is 2.39. The highest BCUT2D eigenvalue weighted by Gasteiger charge is 2.18. The Labute approximate surface area is 120 Å². The Morgan fingerprint density at radius 2 is 2.05 bits per heavy atom. The molecule has 1 fully saturated rings. The molecule has 2 rings (SSSR count). The molecule has 4 nitrogen and oxygen atoms in total. The number of nitrogens with zero attached hydrogens (tertiary/aromatic N) is 3. The van der Waals surface area contributed by atoms with Crippen LogP contribution in [0.1, 0.15) is 19.4 Å².